The number of hydrogen-bond donors (Lipinski definition) is 1. The molecule has 13 heteroatoms. The van der Waals surface area contributed by atoms with E-state index in [4.69, 9.17) is 55.9 Å². The first-order chi connectivity index (χ1) is 25.4. The Morgan fingerprint density at radius 2 is 1.13 bits per heavy atom. The molecule has 0 aliphatic carbocycles. The Labute approximate surface area is 327 Å². The monoisotopic (exact) mass is 804 g/mol. The van der Waals surface area contributed by atoms with E-state index in [0.29, 0.717) is 78.4 Å². The Hall–Kier alpha value is -3.86. The number of nitrogens with zero attached hydrogens (tertiary/aromatic N) is 2. The molecule has 1 N–H and O–H groups in total. The third-order valence-corrected chi connectivity index (χ3v) is 10.5. The van der Waals surface area contributed by atoms with Crippen LogP contribution in [-0.4, -0.2) is 46.8 Å². The van der Waals surface area contributed by atoms with Gasteiger partial charge in [-0.1, -0.05) is 88.9 Å². The van der Waals surface area contributed by atoms with Gasteiger partial charge >= 0.3 is 12.2 Å². The van der Waals surface area contributed by atoms with Crippen LogP contribution in [0.25, 0.3) is 0 Å². The molecule has 4 aromatic carbocycles. The lowest BCUT2D eigenvalue weighted by molar-refractivity contribution is -0.0625. The summed E-state index contributed by atoms with van der Waals surface area (Å²) in [6.07, 6.45) is 3.33. The molecule has 280 valence electrons. The van der Waals surface area contributed by atoms with Crippen LogP contribution in [0.5, 0.6) is 0 Å². The highest BCUT2D eigenvalue weighted by molar-refractivity contribution is 6.35. The van der Waals surface area contributed by atoms with Gasteiger partial charge in [0, 0.05) is 59.0 Å². The Balaban J connectivity index is 0.000000204. The third kappa shape index (κ3) is 10.0. The predicted octanol–water partition coefficient (Wildman–Crippen LogP) is 11.1. The lowest BCUT2D eigenvalue weighted by atomic mass is 9.84. The van der Waals surface area contributed by atoms with Crippen molar-refractivity contribution in [3.8, 4) is 0 Å². The minimum Gasteiger partial charge on any atom is -0.438 e. The molecule has 0 spiro atoms. The van der Waals surface area contributed by atoms with Crippen LogP contribution in [0.1, 0.15) is 54.4 Å². The second kappa shape index (κ2) is 18.0. The van der Waals surface area contributed by atoms with Crippen molar-refractivity contribution in [2.45, 2.75) is 56.4 Å². The first kappa shape index (κ1) is 40.3. The normalized spacial score (nSPS) is 19.9. The molecule has 6 rings (SSSR count). The molecule has 7 nitrogen and oxygen atoms in total. The molecule has 2 atom stereocenters. The molecule has 2 aliphatic rings. The van der Waals surface area contributed by atoms with Crippen LogP contribution in [0.15, 0.2) is 97.6 Å². The highest BCUT2D eigenvalue weighted by Crippen LogP contribution is 2.40. The zero-order valence-corrected chi connectivity index (χ0v) is 31.7. The number of ether oxygens (including phenoxy) is 2. The molecule has 2 amide bonds. The van der Waals surface area contributed by atoms with E-state index >= 15 is 0 Å². The van der Waals surface area contributed by atoms with E-state index in [1.807, 2.05) is 0 Å². The second-order valence-electron chi connectivity index (χ2n) is 12.9. The summed E-state index contributed by atoms with van der Waals surface area (Å²) in [5.41, 5.74) is 1.38. The van der Waals surface area contributed by atoms with Crippen LogP contribution >= 0.6 is 46.4 Å². The van der Waals surface area contributed by atoms with E-state index in [2.05, 4.69) is 6.58 Å². The summed E-state index contributed by atoms with van der Waals surface area (Å²) in [6, 6.07) is 22.3. The topological polar surface area (TPSA) is 79.3 Å². The average Bonchev–Trinajstić information content (AvgIpc) is 3.12. The van der Waals surface area contributed by atoms with Gasteiger partial charge in [-0.15, -0.1) is 6.58 Å². The lowest BCUT2D eigenvalue weighted by Gasteiger charge is -2.41. The van der Waals surface area contributed by atoms with Gasteiger partial charge in [-0.3, -0.25) is 0 Å². The molecule has 2 saturated heterocycles. The molecule has 53 heavy (non-hydrogen) atoms. The van der Waals surface area contributed by atoms with Gasteiger partial charge in [0.2, 0.25) is 0 Å². The highest BCUT2D eigenvalue weighted by Gasteiger charge is 2.43. The summed E-state index contributed by atoms with van der Waals surface area (Å²) in [5, 5.41) is 11.3. The molecule has 4 aromatic rings. The molecule has 0 radical (unpaired) electrons. The van der Waals surface area contributed by atoms with E-state index < -0.39 is 23.4 Å². The number of amides is 2. The first-order valence-electron chi connectivity index (χ1n) is 16.9. The summed E-state index contributed by atoms with van der Waals surface area (Å²) >= 11 is 24.2. The van der Waals surface area contributed by atoms with Crippen molar-refractivity contribution in [1.29, 1.82) is 0 Å². The Kier molecular flexibility index (Phi) is 13.7. The number of aliphatic hydroxyl groups is 1. The molecule has 0 saturated carbocycles. The molecule has 0 aromatic heterocycles. The van der Waals surface area contributed by atoms with Crippen LogP contribution < -0.4 is 0 Å². The van der Waals surface area contributed by atoms with E-state index in [0.717, 1.165) is 22.3 Å². The molecule has 2 unspecified atom stereocenters. The fourth-order valence-electron chi connectivity index (χ4n) is 6.47. The summed E-state index contributed by atoms with van der Waals surface area (Å²) in [4.78, 5) is 28.5. The van der Waals surface area contributed by atoms with E-state index in [1.54, 1.807) is 76.5 Å². The lowest BCUT2D eigenvalue weighted by Crippen LogP contribution is -2.47. The maximum atomic E-state index is 13.3. The molecule has 0 bridgehead atoms. The van der Waals surface area contributed by atoms with Gasteiger partial charge < -0.3 is 24.4 Å². The summed E-state index contributed by atoms with van der Waals surface area (Å²) in [5.74, 6) is -0.680. The van der Waals surface area contributed by atoms with Crippen molar-refractivity contribution in [2.24, 2.45) is 0 Å². The largest absolute Gasteiger partial charge is 0.438 e. The summed E-state index contributed by atoms with van der Waals surface area (Å²) in [6.45, 7) is 5.35. The Bertz CT molecular complexity index is 1920. The van der Waals surface area contributed by atoms with E-state index in [-0.39, 0.29) is 18.2 Å². The quantitative estimate of drug-likeness (QED) is 0.153. The van der Waals surface area contributed by atoms with Gasteiger partial charge in [0.05, 0.1) is 13.1 Å². The van der Waals surface area contributed by atoms with E-state index in [1.165, 1.54) is 24.3 Å². The van der Waals surface area contributed by atoms with Crippen LogP contribution in [0.3, 0.4) is 0 Å². The maximum absolute atomic E-state index is 13.3. The van der Waals surface area contributed by atoms with Crippen molar-refractivity contribution in [3.05, 3.63) is 152 Å². The molecule has 2 fully saturated rings. The van der Waals surface area contributed by atoms with Crippen molar-refractivity contribution >= 4 is 58.6 Å². The zero-order valence-electron chi connectivity index (χ0n) is 28.7. The van der Waals surface area contributed by atoms with Crippen molar-refractivity contribution < 1.29 is 33.0 Å². The maximum Gasteiger partial charge on any atom is 0.410 e. The van der Waals surface area contributed by atoms with Crippen LogP contribution in [-0.2, 0) is 33.8 Å². The second-order valence-corrected chi connectivity index (χ2v) is 14.6. The third-order valence-electron chi connectivity index (χ3n) is 9.36. The standard InChI is InChI=1S/C20H20Cl2FNO3.C20H18Cl2FNO2/c21-16-5-2-14(18(22)12-16)13-24-10-9-20(8-1-11-25,27-19(24)26)15-3-6-17(23)7-4-15;1-2-9-20(15-4-7-17(23)8-5-15)10-11-24(19(25)26-20)13-14-3-6-16(21)12-18(14)22/h2-7,12,25H,1,8-11,13H2;2-8,12H,1,9-11,13H2. The van der Waals surface area contributed by atoms with Crippen LogP contribution in [0.4, 0.5) is 18.4 Å². The smallest absolute Gasteiger partial charge is 0.410 e. The van der Waals surface area contributed by atoms with Crippen molar-refractivity contribution in [2.75, 3.05) is 19.7 Å². The Morgan fingerprint density at radius 1 is 0.698 bits per heavy atom. The molecule has 2 heterocycles. The van der Waals surface area contributed by atoms with Crippen molar-refractivity contribution in [1.82, 2.24) is 9.80 Å². The fourth-order valence-corrected chi connectivity index (χ4v) is 7.41. The van der Waals surface area contributed by atoms with Crippen molar-refractivity contribution in [3.63, 3.8) is 0 Å². The van der Waals surface area contributed by atoms with E-state index in [9.17, 15) is 23.5 Å². The average molecular weight is 807 g/mol. The van der Waals surface area contributed by atoms with Gasteiger partial charge in [0.15, 0.2) is 0 Å². The number of aliphatic hydroxyl groups excluding tert-OH is 1. The van der Waals surface area contributed by atoms with Crippen LogP contribution in [0.2, 0.25) is 20.1 Å². The Morgan fingerprint density at radius 3 is 1.55 bits per heavy atom. The number of benzene rings is 4. The minimum atomic E-state index is -0.867. The minimum absolute atomic E-state index is 0.00933. The molecule has 2 aliphatic heterocycles. The van der Waals surface area contributed by atoms with Gasteiger partial charge in [-0.2, -0.15) is 0 Å². The molecular formula is C40H38Cl4F2N2O5. The number of hydrogen-bond acceptors (Lipinski definition) is 5. The fraction of sp³-hybridized carbons (Fsp3) is 0.300. The SMILES string of the molecule is C=CCC1(c2ccc(F)cc2)CCN(Cc2ccc(Cl)cc2Cl)C(=O)O1.O=C1OC(CCCO)(c2ccc(F)cc2)CCN1Cc1ccc(Cl)cc1Cl. The zero-order chi connectivity index (χ0) is 38.2. The van der Waals surface area contributed by atoms with Gasteiger partial charge in [0.25, 0.3) is 0 Å². The summed E-state index contributed by atoms with van der Waals surface area (Å²) < 4.78 is 38.2. The molecular weight excluding hydrogens is 768 g/mol. The number of carbonyl (C=O) groups is 2. The number of carbonyl (C=O) groups excluding carboxylic acids is 2. The first-order valence-corrected chi connectivity index (χ1v) is 18.5. The predicted molar refractivity (Wildman–Crippen MR) is 203 cm³/mol. The number of cyclic esters (lactones) is 2. The summed E-state index contributed by atoms with van der Waals surface area (Å²) in [7, 11) is 0. The van der Waals surface area contributed by atoms with Crippen LogP contribution in [0, 0.1) is 11.6 Å². The number of rotatable bonds is 11. The van der Waals surface area contributed by atoms with Gasteiger partial charge in [-0.05, 0) is 83.6 Å². The van der Waals surface area contributed by atoms with Gasteiger partial charge in [-0.25, -0.2) is 18.4 Å². The number of halogens is 6. The highest BCUT2D eigenvalue weighted by atomic mass is 35.5. The van der Waals surface area contributed by atoms with Gasteiger partial charge in [0.1, 0.15) is 22.8 Å².